The second-order valence-corrected chi connectivity index (χ2v) is 3.51. The van der Waals surface area contributed by atoms with Crippen molar-refractivity contribution in [2.75, 3.05) is 6.54 Å². The monoisotopic (exact) mass is 227 g/mol. The highest BCUT2D eigenvalue weighted by Crippen LogP contribution is 2.14. The first-order valence-electron chi connectivity index (χ1n) is 5.30. The van der Waals surface area contributed by atoms with Crippen LogP contribution in [0.3, 0.4) is 0 Å². The molecule has 86 valence electrons. The average molecular weight is 227 g/mol. The third-order valence-electron chi connectivity index (χ3n) is 2.33. The highest BCUT2D eigenvalue weighted by atomic mass is 16.1. The van der Waals surface area contributed by atoms with E-state index in [4.69, 9.17) is 0 Å². The molecule has 0 saturated heterocycles. The van der Waals surface area contributed by atoms with Gasteiger partial charge >= 0.3 is 0 Å². The molecule has 0 spiro atoms. The van der Waals surface area contributed by atoms with Gasteiger partial charge in [0.25, 0.3) is 5.91 Å². The summed E-state index contributed by atoms with van der Waals surface area (Å²) in [6.07, 6.45) is 5.11. The summed E-state index contributed by atoms with van der Waals surface area (Å²) in [6.45, 7) is 4.02. The number of nitrogens with zero attached hydrogens (tertiary/aromatic N) is 1. The summed E-state index contributed by atoms with van der Waals surface area (Å²) in [5, 5.41) is 2.72. The summed E-state index contributed by atoms with van der Waals surface area (Å²) in [7, 11) is 0. The minimum absolute atomic E-state index is 0.101. The molecule has 0 unspecified atom stereocenters. The van der Waals surface area contributed by atoms with Gasteiger partial charge < -0.3 is 10.3 Å². The van der Waals surface area contributed by atoms with Crippen LogP contribution in [-0.2, 0) is 0 Å². The molecule has 0 aliphatic rings. The molecule has 1 heterocycles. The van der Waals surface area contributed by atoms with E-state index >= 15 is 0 Å². The minimum Gasteiger partial charge on any atom is -0.349 e. The Labute approximate surface area is 99.4 Å². The van der Waals surface area contributed by atoms with Gasteiger partial charge in [0.15, 0.2) is 0 Å². The zero-order valence-corrected chi connectivity index (χ0v) is 9.31. The second kappa shape index (κ2) is 5.12. The molecule has 1 aromatic heterocycles. The van der Waals surface area contributed by atoms with E-state index in [9.17, 15) is 4.79 Å². The second-order valence-electron chi connectivity index (χ2n) is 3.51. The van der Waals surface area contributed by atoms with Gasteiger partial charge in [-0.2, -0.15) is 0 Å². The molecular weight excluding hydrogens is 214 g/mol. The Morgan fingerprint density at radius 3 is 2.76 bits per heavy atom. The molecule has 1 aromatic carbocycles. The van der Waals surface area contributed by atoms with E-state index in [0.29, 0.717) is 12.1 Å². The maximum absolute atomic E-state index is 11.6. The molecule has 2 N–H and O–H groups in total. The normalized spacial score (nSPS) is 9.88. The van der Waals surface area contributed by atoms with Gasteiger partial charge in [0.2, 0.25) is 0 Å². The van der Waals surface area contributed by atoms with Gasteiger partial charge in [-0.25, -0.2) is 4.98 Å². The summed E-state index contributed by atoms with van der Waals surface area (Å²) >= 11 is 0. The molecule has 4 heteroatoms. The number of aromatic amines is 1. The molecule has 4 nitrogen and oxygen atoms in total. The summed E-state index contributed by atoms with van der Waals surface area (Å²) in [5.41, 5.74) is 1.58. The van der Waals surface area contributed by atoms with Crippen LogP contribution in [-0.4, -0.2) is 22.4 Å². The van der Waals surface area contributed by atoms with Crippen LogP contribution in [0.1, 0.15) is 10.4 Å². The topological polar surface area (TPSA) is 57.8 Å². The Balaban J connectivity index is 2.13. The molecule has 2 aromatic rings. The van der Waals surface area contributed by atoms with Crippen LogP contribution in [0.15, 0.2) is 49.3 Å². The molecule has 17 heavy (non-hydrogen) atoms. The SMILES string of the molecule is C=CCNC(=O)c1ccc(-c2ncc[nH]2)cc1. The van der Waals surface area contributed by atoms with Crippen LogP contribution < -0.4 is 5.32 Å². The molecule has 0 bridgehead atoms. The number of benzene rings is 1. The molecule has 0 fully saturated rings. The maximum Gasteiger partial charge on any atom is 0.251 e. The Kier molecular flexibility index (Phi) is 3.35. The highest BCUT2D eigenvalue weighted by Gasteiger charge is 2.05. The van der Waals surface area contributed by atoms with Crippen LogP contribution in [0.5, 0.6) is 0 Å². The summed E-state index contributed by atoms with van der Waals surface area (Å²) < 4.78 is 0. The fourth-order valence-corrected chi connectivity index (χ4v) is 1.47. The average Bonchev–Trinajstić information content (AvgIpc) is 2.90. The minimum atomic E-state index is -0.101. The summed E-state index contributed by atoms with van der Waals surface area (Å²) in [6, 6.07) is 7.27. The van der Waals surface area contributed by atoms with Gasteiger partial charge in [-0.15, -0.1) is 6.58 Å². The van der Waals surface area contributed by atoms with Crippen molar-refractivity contribution >= 4 is 5.91 Å². The van der Waals surface area contributed by atoms with Crippen LogP contribution in [0, 0.1) is 0 Å². The molecule has 2 rings (SSSR count). The van der Waals surface area contributed by atoms with Gasteiger partial charge in [0.05, 0.1) is 0 Å². The lowest BCUT2D eigenvalue weighted by Gasteiger charge is -2.03. The number of carbonyl (C=O) groups excluding carboxylic acids is 1. The van der Waals surface area contributed by atoms with Crippen molar-refractivity contribution < 1.29 is 4.79 Å². The van der Waals surface area contributed by atoms with Crippen molar-refractivity contribution in [3.63, 3.8) is 0 Å². The van der Waals surface area contributed by atoms with Gasteiger partial charge in [0.1, 0.15) is 5.82 Å². The Bertz CT molecular complexity index is 500. The Morgan fingerprint density at radius 2 is 2.18 bits per heavy atom. The van der Waals surface area contributed by atoms with Crippen molar-refractivity contribution in [1.82, 2.24) is 15.3 Å². The Hall–Kier alpha value is -2.36. The molecule has 1 amide bonds. The zero-order chi connectivity index (χ0) is 12.1. The standard InChI is InChI=1S/C13H13N3O/c1-2-7-16-13(17)11-5-3-10(4-6-11)12-14-8-9-15-12/h2-6,8-9H,1,7H2,(H,14,15)(H,16,17). The predicted molar refractivity (Wildman–Crippen MR) is 66.6 cm³/mol. The quantitative estimate of drug-likeness (QED) is 0.785. The number of aromatic nitrogens is 2. The van der Waals surface area contributed by atoms with Crippen LogP contribution in [0.4, 0.5) is 0 Å². The van der Waals surface area contributed by atoms with Gasteiger partial charge in [-0.3, -0.25) is 4.79 Å². The number of hydrogen-bond donors (Lipinski definition) is 2. The lowest BCUT2D eigenvalue weighted by atomic mass is 10.1. The van der Waals surface area contributed by atoms with E-state index < -0.39 is 0 Å². The summed E-state index contributed by atoms with van der Waals surface area (Å²) in [4.78, 5) is 18.8. The van der Waals surface area contributed by atoms with Crippen molar-refractivity contribution in [3.8, 4) is 11.4 Å². The largest absolute Gasteiger partial charge is 0.349 e. The van der Waals surface area contributed by atoms with Crippen LogP contribution in [0.25, 0.3) is 11.4 Å². The van der Waals surface area contributed by atoms with Crippen LogP contribution >= 0.6 is 0 Å². The molecule has 0 aliphatic carbocycles. The third-order valence-corrected chi connectivity index (χ3v) is 2.33. The van der Waals surface area contributed by atoms with Gasteiger partial charge in [0, 0.05) is 30.1 Å². The number of carbonyl (C=O) groups is 1. The van der Waals surface area contributed by atoms with Crippen molar-refractivity contribution in [2.45, 2.75) is 0 Å². The van der Waals surface area contributed by atoms with E-state index in [1.807, 2.05) is 12.1 Å². The van der Waals surface area contributed by atoms with E-state index in [1.54, 1.807) is 30.6 Å². The number of nitrogens with one attached hydrogen (secondary N) is 2. The summed E-state index contributed by atoms with van der Waals surface area (Å²) in [5.74, 6) is 0.693. The molecular formula is C13H13N3O. The first kappa shape index (κ1) is 11.1. The zero-order valence-electron chi connectivity index (χ0n) is 9.31. The fourth-order valence-electron chi connectivity index (χ4n) is 1.47. The van der Waals surface area contributed by atoms with Crippen LogP contribution in [0.2, 0.25) is 0 Å². The number of rotatable bonds is 4. The fraction of sp³-hybridized carbons (Fsp3) is 0.0769. The molecule has 0 saturated carbocycles. The lowest BCUT2D eigenvalue weighted by Crippen LogP contribution is -2.22. The number of amides is 1. The van der Waals surface area contributed by atoms with Gasteiger partial charge in [-0.05, 0) is 12.1 Å². The molecule has 0 radical (unpaired) electrons. The van der Waals surface area contributed by atoms with E-state index in [0.717, 1.165) is 11.4 Å². The van der Waals surface area contributed by atoms with Crippen molar-refractivity contribution in [2.24, 2.45) is 0 Å². The van der Waals surface area contributed by atoms with E-state index in [-0.39, 0.29) is 5.91 Å². The molecule has 0 atom stereocenters. The third kappa shape index (κ3) is 2.60. The maximum atomic E-state index is 11.6. The van der Waals surface area contributed by atoms with Crippen molar-refractivity contribution in [3.05, 3.63) is 54.9 Å². The van der Waals surface area contributed by atoms with E-state index in [1.165, 1.54) is 0 Å². The van der Waals surface area contributed by atoms with Gasteiger partial charge in [-0.1, -0.05) is 18.2 Å². The first-order valence-corrected chi connectivity index (χ1v) is 5.30. The predicted octanol–water partition coefficient (Wildman–Crippen LogP) is 1.99. The lowest BCUT2D eigenvalue weighted by molar-refractivity contribution is 0.0958. The smallest absolute Gasteiger partial charge is 0.251 e. The number of H-pyrrole nitrogens is 1. The highest BCUT2D eigenvalue weighted by molar-refractivity contribution is 5.94. The number of hydrogen-bond acceptors (Lipinski definition) is 2. The molecule has 0 aliphatic heterocycles. The van der Waals surface area contributed by atoms with Crippen molar-refractivity contribution in [1.29, 1.82) is 0 Å². The Morgan fingerprint density at radius 1 is 1.41 bits per heavy atom. The van der Waals surface area contributed by atoms with E-state index in [2.05, 4.69) is 21.9 Å². The first-order chi connectivity index (χ1) is 8.31. The number of imidazole rings is 1.